The Morgan fingerprint density at radius 2 is 2.00 bits per heavy atom. The van der Waals surface area contributed by atoms with Gasteiger partial charge in [-0.15, -0.1) is 11.6 Å². The number of alkyl halides is 1. The smallest absolute Gasteiger partial charge is 0.223 e. The van der Waals surface area contributed by atoms with Crippen LogP contribution in [0.3, 0.4) is 0 Å². The van der Waals surface area contributed by atoms with Crippen LogP contribution >= 0.6 is 11.6 Å². The number of nitrogens with one attached hydrogen (secondary N) is 1. The lowest BCUT2D eigenvalue weighted by molar-refractivity contribution is 0.548. The van der Waals surface area contributed by atoms with Crippen LogP contribution in [0, 0.1) is 6.92 Å². The first-order chi connectivity index (χ1) is 6.59. The largest absolute Gasteiger partial charge is 0.348 e. The molecule has 0 amide bonds. The first kappa shape index (κ1) is 11.2. The summed E-state index contributed by atoms with van der Waals surface area (Å²) in [5, 5.41) is 3.23. The van der Waals surface area contributed by atoms with Crippen LogP contribution in [0.1, 0.15) is 25.8 Å². The summed E-state index contributed by atoms with van der Waals surface area (Å²) in [5.74, 6) is 1.18. The Labute approximate surface area is 89.9 Å². The molecule has 0 aliphatic heterocycles. The second-order valence-electron chi connectivity index (χ2n) is 3.76. The number of halogens is 1. The molecule has 1 aromatic heterocycles. The number of aryl methyl sites for hydroxylation is 1. The fraction of sp³-hybridized carbons (Fsp3) is 0.600. The molecule has 78 valence electrons. The fourth-order valence-corrected chi connectivity index (χ4v) is 1.20. The molecule has 1 rings (SSSR count). The molecule has 0 spiro atoms. The van der Waals surface area contributed by atoms with Crippen molar-refractivity contribution < 1.29 is 0 Å². The molecule has 4 heteroatoms. The second-order valence-corrected chi connectivity index (χ2v) is 4.02. The number of nitrogens with zero attached hydrogens (tertiary/aromatic N) is 2. The van der Waals surface area contributed by atoms with Gasteiger partial charge in [-0.3, -0.25) is 0 Å². The van der Waals surface area contributed by atoms with Crippen LogP contribution in [0.25, 0.3) is 0 Å². The summed E-state index contributed by atoms with van der Waals surface area (Å²) in [6.07, 6.45) is 4.52. The van der Waals surface area contributed by atoms with E-state index in [2.05, 4.69) is 29.1 Å². The first-order valence-electron chi connectivity index (χ1n) is 4.72. The van der Waals surface area contributed by atoms with Gasteiger partial charge < -0.3 is 5.32 Å². The van der Waals surface area contributed by atoms with Crippen LogP contribution < -0.4 is 5.32 Å². The Morgan fingerprint density at radius 1 is 1.43 bits per heavy atom. The topological polar surface area (TPSA) is 37.8 Å². The van der Waals surface area contributed by atoms with Crippen molar-refractivity contribution in [2.24, 2.45) is 0 Å². The van der Waals surface area contributed by atoms with Crippen LogP contribution in [0.15, 0.2) is 12.4 Å². The Balaban J connectivity index is 2.72. The zero-order valence-electron chi connectivity index (χ0n) is 8.84. The zero-order chi connectivity index (χ0) is 10.6. The van der Waals surface area contributed by atoms with E-state index in [9.17, 15) is 0 Å². The highest BCUT2D eigenvalue weighted by atomic mass is 35.5. The van der Waals surface area contributed by atoms with Gasteiger partial charge in [0.15, 0.2) is 0 Å². The SMILES string of the molecule is CCC(C)(CCl)Nc1ncc(C)cn1. The highest BCUT2D eigenvalue weighted by Crippen LogP contribution is 2.16. The summed E-state index contributed by atoms with van der Waals surface area (Å²) in [5.41, 5.74) is 0.927. The van der Waals surface area contributed by atoms with Gasteiger partial charge in [-0.25, -0.2) is 9.97 Å². The maximum Gasteiger partial charge on any atom is 0.223 e. The predicted molar refractivity (Wildman–Crippen MR) is 59.8 cm³/mol. The molecule has 1 N–H and O–H groups in total. The van der Waals surface area contributed by atoms with Gasteiger partial charge in [-0.05, 0) is 25.8 Å². The Hall–Kier alpha value is -0.830. The molecule has 0 fully saturated rings. The van der Waals surface area contributed by atoms with E-state index in [-0.39, 0.29) is 5.54 Å². The van der Waals surface area contributed by atoms with E-state index in [1.54, 1.807) is 12.4 Å². The molecule has 14 heavy (non-hydrogen) atoms. The van der Waals surface area contributed by atoms with Gasteiger partial charge in [0.1, 0.15) is 0 Å². The molecular weight excluding hydrogens is 198 g/mol. The van der Waals surface area contributed by atoms with Crippen molar-refractivity contribution >= 4 is 17.5 Å². The van der Waals surface area contributed by atoms with Crippen molar-refractivity contribution in [3.05, 3.63) is 18.0 Å². The third-order valence-corrected chi connectivity index (χ3v) is 2.86. The molecule has 1 atom stereocenters. The van der Waals surface area contributed by atoms with Gasteiger partial charge in [-0.2, -0.15) is 0 Å². The van der Waals surface area contributed by atoms with Crippen LogP contribution in [0.5, 0.6) is 0 Å². The molecule has 1 heterocycles. The second kappa shape index (κ2) is 4.60. The van der Waals surface area contributed by atoms with E-state index in [1.165, 1.54) is 0 Å². The summed E-state index contributed by atoms with van der Waals surface area (Å²) in [6.45, 7) is 6.11. The molecular formula is C10H16ClN3. The molecule has 0 aliphatic rings. The molecule has 0 saturated carbocycles. The molecule has 3 nitrogen and oxygen atoms in total. The predicted octanol–water partition coefficient (Wildman–Crippen LogP) is 2.60. The van der Waals surface area contributed by atoms with E-state index in [0.717, 1.165) is 12.0 Å². The Morgan fingerprint density at radius 3 is 2.43 bits per heavy atom. The molecule has 1 unspecified atom stereocenters. The minimum atomic E-state index is -0.128. The molecule has 0 aliphatic carbocycles. The standard InChI is InChI=1S/C10H16ClN3/c1-4-10(3,7-11)14-9-12-5-8(2)6-13-9/h5-6H,4,7H2,1-3H3,(H,12,13,14). The number of hydrogen-bond donors (Lipinski definition) is 1. The van der Waals surface area contributed by atoms with Crippen molar-refractivity contribution in [1.82, 2.24) is 9.97 Å². The quantitative estimate of drug-likeness (QED) is 0.782. The molecule has 0 radical (unpaired) electrons. The summed E-state index contributed by atoms with van der Waals surface area (Å²) in [7, 11) is 0. The van der Waals surface area contributed by atoms with Crippen molar-refractivity contribution in [1.29, 1.82) is 0 Å². The van der Waals surface area contributed by atoms with E-state index >= 15 is 0 Å². The average Bonchev–Trinajstić information content (AvgIpc) is 2.21. The van der Waals surface area contributed by atoms with Gasteiger partial charge in [0.05, 0.1) is 5.54 Å². The van der Waals surface area contributed by atoms with Crippen LogP contribution in [0.4, 0.5) is 5.95 Å². The zero-order valence-corrected chi connectivity index (χ0v) is 9.60. The van der Waals surface area contributed by atoms with Crippen LogP contribution in [-0.4, -0.2) is 21.4 Å². The van der Waals surface area contributed by atoms with E-state index in [4.69, 9.17) is 11.6 Å². The number of anilines is 1. The molecule has 1 aromatic rings. The van der Waals surface area contributed by atoms with Crippen molar-refractivity contribution in [2.45, 2.75) is 32.7 Å². The van der Waals surface area contributed by atoms with Gasteiger partial charge >= 0.3 is 0 Å². The van der Waals surface area contributed by atoms with Gasteiger partial charge in [0, 0.05) is 18.3 Å². The van der Waals surface area contributed by atoms with Gasteiger partial charge in [0.25, 0.3) is 0 Å². The van der Waals surface area contributed by atoms with E-state index < -0.39 is 0 Å². The molecule has 0 aromatic carbocycles. The highest BCUT2D eigenvalue weighted by Gasteiger charge is 2.21. The Bertz CT molecular complexity index is 280. The molecule has 0 bridgehead atoms. The monoisotopic (exact) mass is 213 g/mol. The third-order valence-electron chi connectivity index (χ3n) is 2.27. The summed E-state index contributed by atoms with van der Waals surface area (Å²) in [4.78, 5) is 8.36. The summed E-state index contributed by atoms with van der Waals surface area (Å²) >= 11 is 5.87. The van der Waals surface area contributed by atoms with Crippen LogP contribution in [-0.2, 0) is 0 Å². The number of aromatic nitrogens is 2. The van der Waals surface area contributed by atoms with Gasteiger partial charge in [-0.1, -0.05) is 6.92 Å². The van der Waals surface area contributed by atoms with E-state index in [1.807, 2.05) is 6.92 Å². The highest BCUT2D eigenvalue weighted by molar-refractivity contribution is 6.18. The average molecular weight is 214 g/mol. The van der Waals surface area contributed by atoms with Crippen molar-refractivity contribution in [3.63, 3.8) is 0 Å². The first-order valence-corrected chi connectivity index (χ1v) is 5.26. The lowest BCUT2D eigenvalue weighted by atomic mass is 10.0. The van der Waals surface area contributed by atoms with E-state index in [0.29, 0.717) is 11.8 Å². The van der Waals surface area contributed by atoms with Crippen LogP contribution in [0.2, 0.25) is 0 Å². The van der Waals surface area contributed by atoms with Gasteiger partial charge in [0.2, 0.25) is 5.95 Å². The van der Waals surface area contributed by atoms with Crippen molar-refractivity contribution in [2.75, 3.05) is 11.2 Å². The molecule has 0 saturated heterocycles. The maximum absolute atomic E-state index is 5.87. The minimum absolute atomic E-state index is 0.128. The summed E-state index contributed by atoms with van der Waals surface area (Å²) < 4.78 is 0. The fourth-order valence-electron chi connectivity index (χ4n) is 0.943. The maximum atomic E-state index is 5.87. The summed E-state index contributed by atoms with van der Waals surface area (Å²) in [6, 6.07) is 0. The lowest BCUT2D eigenvalue weighted by Crippen LogP contribution is -2.36. The minimum Gasteiger partial charge on any atom is -0.348 e. The third kappa shape index (κ3) is 2.84. The normalized spacial score (nSPS) is 14.9. The lowest BCUT2D eigenvalue weighted by Gasteiger charge is -2.26. The Kier molecular flexibility index (Phi) is 3.69. The number of hydrogen-bond acceptors (Lipinski definition) is 3. The van der Waals surface area contributed by atoms with Crippen molar-refractivity contribution in [3.8, 4) is 0 Å². The number of rotatable bonds is 4.